The fourth-order valence-electron chi connectivity index (χ4n) is 1.55. The predicted molar refractivity (Wildman–Crippen MR) is 56.3 cm³/mol. The van der Waals surface area contributed by atoms with Crippen molar-refractivity contribution in [2.45, 2.75) is 18.9 Å². The minimum absolute atomic E-state index is 0.00889. The first-order valence-corrected chi connectivity index (χ1v) is 4.99. The molecule has 1 aromatic carbocycles. The summed E-state index contributed by atoms with van der Waals surface area (Å²) < 4.78 is 0. The maximum Gasteiger partial charge on any atom is 0.253 e. The average molecular weight is 200 g/mol. The number of amides is 1. The Morgan fingerprint density at radius 3 is 2.87 bits per heavy atom. The van der Waals surface area contributed by atoms with Crippen LogP contribution in [0, 0.1) is 11.3 Å². The molecule has 3 heteroatoms. The summed E-state index contributed by atoms with van der Waals surface area (Å²) in [4.78, 5) is 13.7. The van der Waals surface area contributed by atoms with Crippen LogP contribution in [-0.4, -0.2) is 23.9 Å². The van der Waals surface area contributed by atoms with Crippen LogP contribution in [0.5, 0.6) is 0 Å². The fraction of sp³-hybridized carbons (Fsp3) is 0.333. The summed E-state index contributed by atoms with van der Waals surface area (Å²) in [7, 11) is 1.82. The predicted octanol–water partition coefficient (Wildman–Crippen LogP) is 1.79. The maximum atomic E-state index is 11.9. The molecule has 1 aliphatic carbocycles. The van der Waals surface area contributed by atoms with Gasteiger partial charge in [0.2, 0.25) is 0 Å². The van der Waals surface area contributed by atoms with Crippen molar-refractivity contribution in [3.8, 4) is 6.07 Å². The van der Waals surface area contributed by atoms with Crippen LogP contribution in [0.4, 0.5) is 0 Å². The molecule has 0 heterocycles. The first kappa shape index (κ1) is 9.72. The molecule has 0 unspecified atom stereocenters. The third-order valence-corrected chi connectivity index (χ3v) is 2.65. The van der Waals surface area contributed by atoms with Gasteiger partial charge < -0.3 is 4.90 Å². The minimum Gasteiger partial charge on any atom is -0.339 e. The molecule has 1 aromatic rings. The summed E-state index contributed by atoms with van der Waals surface area (Å²) in [5, 5.41) is 8.73. The van der Waals surface area contributed by atoms with Crippen LogP contribution in [0.3, 0.4) is 0 Å². The number of rotatable bonds is 2. The normalized spacial score (nSPS) is 14.4. The van der Waals surface area contributed by atoms with E-state index in [9.17, 15) is 4.79 Å². The van der Waals surface area contributed by atoms with Gasteiger partial charge in [0.05, 0.1) is 11.6 Å². The molecule has 15 heavy (non-hydrogen) atoms. The van der Waals surface area contributed by atoms with Gasteiger partial charge in [0, 0.05) is 18.7 Å². The van der Waals surface area contributed by atoms with Crippen LogP contribution in [0.2, 0.25) is 0 Å². The van der Waals surface area contributed by atoms with Gasteiger partial charge in [-0.15, -0.1) is 0 Å². The third-order valence-electron chi connectivity index (χ3n) is 2.65. The van der Waals surface area contributed by atoms with Gasteiger partial charge in [-0.05, 0) is 31.0 Å². The van der Waals surface area contributed by atoms with Gasteiger partial charge in [-0.3, -0.25) is 4.79 Å². The van der Waals surface area contributed by atoms with Crippen LogP contribution in [-0.2, 0) is 0 Å². The smallest absolute Gasteiger partial charge is 0.253 e. The number of hydrogen-bond donors (Lipinski definition) is 0. The van der Waals surface area contributed by atoms with Crippen molar-refractivity contribution in [2.24, 2.45) is 0 Å². The van der Waals surface area contributed by atoms with Crippen molar-refractivity contribution in [1.82, 2.24) is 4.90 Å². The van der Waals surface area contributed by atoms with Crippen LogP contribution >= 0.6 is 0 Å². The van der Waals surface area contributed by atoms with E-state index in [1.54, 1.807) is 29.2 Å². The van der Waals surface area contributed by atoms with Crippen LogP contribution < -0.4 is 0 Å². The van der Waals surface area contributed by atoms with Gasteiger partial charge in [-0.2, -0.15) is 5.26 Å². The molecule has 1 saturated carbocycles. The van der Waals surface area contributed by atoms with Crippen LogP contribution in [0.1, 0.15) is 28.8 Å². The molecule has 0 aliphatic heterocycles. The molecule has 0 atom stereocenters. The van der Waals surface area contributed by atoms with Crippen molar-refractivity contribution in [2.75, 3.05) is 7.05 Å². The van der Waals surface area contributed by atoms with E-state index in [4.69, 9.17) is 5.26 Å². The summed E-state index contributed by atoms with van der Waals surface area (Å²) in [6, 6.07) is 9.28. The van der Waals surface area contributed by atoms with Crippen LogP contribution in [0.15, 0.2) is 24.3 Å². The SMILES string of the molecule is CN(C(=O)c1cccc(C#N)c1)C1CC1. The molecular formula is C12H12N2O. The van der Waals surface area contributed by atoms with Gasteiger partial charge in [0.15, 0.2) is 0 Å². The second kappa shape index (κ2) is 3.74. The molecule has 1 amide bonds. The number of hydrogen-bond acceptors (Lipinski definition) is 2. The van der Waals surface area contributed by atoms with Gasteiger partial charge >= 0.3 is 0 Å². The zero-order valence-electron chi connectivity index (χ0n) is 8.60. The third kappa shape index (κ3) is 1.99. The Kier molecular flexibility index (Phi) is 2.42. The van der Waals surface area contributed by atoms with Gasteiger partial charge in [0.25, 0.3) is 5.91 Å². The molecule has 0 bridgehead atoms. The zero-order valence-corrected chi connectivity index (χ0v) is 8.60. The van der Waals surface area contributed by atoms with Crippen molar-refractivity contribution < 1.29 is 4.79 Å². The Balaban J connectivity index is 2.21. The highest BCUT2D eigenvalue weighted by atomic mass is 16.2. The molecule has 0 spiro atoms. The minimum atomic E-state index is 0.00889. The molecular weight excluding hydrogens is 188 g/mol. The first-order chi connectivity index (χ1) is 7.22. The summed E-state index contributed by atoms with van der Waals surface area (Å²) in [6.45, 7) is 0. The van der Waals surface area contributed by atoms with E-state index in [2.05, 4.69) is 0 Å². The lowest BCUT2D eigenvalue weighted by atomic mass is 10.1. The largest absolute Gasteiger partial charge is 0.339 e. The molecule has 1 aliphatic rings. The lowest BCUT2D eigenvalue weighted by molar-refractivity contribution is 0.0785. The number of nitrogens with zero attached hydrogens (tertiary/aromatic N) is 2. The fourth-order valence-corrected chi connectivity index (χ4v) is 1.55. The molecule has 0 saturated heterocycles. The van der Waals surface area contributed by atoms with E-state index in [0.717, 1.165) is 12.8 Å². The van der Waals surface area contributed by atoms with E-state index in [0.29, 0.717) is 17.2 Å². The molecule has 0 N–H and O–H groups in total. The summed E-state index contributed by atoms with van der Waals surface area (Å²) in [6.07, 6.45) is 2.19. The Morgan fingerprint density at radius 1 is 1.53 bits per heavy atom. The highest BCUT2D eigenvalue weighted by Crippen LogP contribution is 2.26. The zero-order chi connectivity index (χ0) is 10.8. The lowest BCUT2D eigenvalue weighted by Crippen LogP contribution is -2.28. The van der Waals surface area contributed by atoms with E-state index in [-0.39, 0.29) is 5.91 Å². The Bertz CT molecular complexity index is 429. The van der Waals surface area contributed by atoms with Gasteiger partial charge in [-0.25, -0.2) is 0 Å². The quantitative estimate of drug-likeness (QED) is 0.730. The highest BCUT2D eigenvalue weighted by Gasteiger charge is 2.29. The monoisotopic (exact) mass is 200 g/mol. The highest BCUT2D eigenvalue weighted by molar-refractivity contribution is 5.94. The van der Waals surface area contributed by atoms with E-state index < -0.39 is 0 Å². The van der Waals surface area contributed by atoms with E-state index in [1.165, 1.54) is 0 Å². The van der Waals surface area contributed by atoms with Crippen LogP contribution in [0.25, 0.3) is 0 Å². The first-order valence-electron chi connectivity index (χ1n) is 4.99. The molecule has 3 nitrogen and oxygen atoms in total. The number of carbonyl (C=O) groups excluding carboxylic acids is 1. The lowest BCUT2D eigenvalue weighted by Gasteiger charge is -2.16. The Hall–Kier alpha value is -1.82. The number of benzene rings is 1. The van der Waals surface area contributed by atoms with Crippen molar-refractivity contribution in [3.63, 3.8) is 0 Å². The number of carbonyl (C=O) groups is 1. The number of nitriles is 1. The van der Waals surface area contributed by atoms with E-state index in [1.807, 2.05) is 13.1 Å². The average Bonchev–Trinajstić information content (AvgIpc) is 3.11. The van der Waals surface area contributed by atoms with E-state index >= 15 is 0 Å². The van der Waals surface area contributed by atoms with Crippen molar-refractivity contribution >= 4 is 5.91 Å². The topological polar surface area (TPSA) is 44.1 Å². The molecule has 0 radical (unpaired) electrons. The summed E-state index contributed by atoms with van der Waals surface area (Å²) in [5.74, 6) is 0.00889. The second-order valence-electron chi connectivity index (χ2n) is 3.84. The van der Waals surface area contributed by atoms with Gasteiger partial charge in [-0.1, -0.05) is 6.07 Å². The summed E-state index contributed by atoms with van der Waals surface area (Å²) >= 11 is 0. The molecule has 76 valence electrons. The van der Waals surface area contributed by atoms with Gasteiger partial charge in [0.1, 0.15) is 0 Å². The molecule has 1 fully saturated rings. The Morgan fingerprint density at radius 2 is 2.27 bits per heavy atom. The molecule has 0 aromatic heterocycles. The van der Waals surface area contributed by atoms with Crippen molar-refractivity contribution in [3.05, 3.63) is 35.4 Å². The summed E-state index contributed by atoms with van der Waals surface area (Å²) in [5.41, 5.74) is 1.13. The Labute approximate surface area is 88.9 Å². The molecule has 2 rings (SSSR count). The standard InChI is InChI=1S/C12H12N2O/c1-14(11-5-6-11)12(15)10-4-2-3-9(7-10)8-13/h2-4,7,11H,5-6H2,1H3. The maximum absolute atomic E-state index is 11.9. The van der Waals surface area contributed by atoms with Crippen molar-refractivity contribution in [1.29, 1.82) is 5.26 Å². The second-order valence-corrected chi connectivity index (χ2v) is 3.84.